The molecule has 1 aromatic heterocycles. The van der Waals surface area contributed by atoms with Crippen molar-refractivity contribution in [3.05, 3.63) is 70.3 Å². The molecule has 0 atom stereocenters. The molecule has 150 valence electrons. The molecule has 1 N–H and O–H groups in total. The summed E-state index contributed by atoms with van der Waals surface area (Å²) in [6.45, 7) is 4.14. The Hall–Kier alpha value is -3.48. The van der Waals surface area contributed by atoms with Crippen molar-refractivity contribution in [3.63, 3.8) is 0 Å². The molecule has 0 unspecified atom stereocenters. The minimum absolute atomic E-state index is 0.0571. The number of carbonyl (C=O) groups is 2. The van der Waals surface area contributed by atoms with Crippen molar-refractivity contribution in [2.45, 2.75) is 26.8 Å². The Bertz CT molecular complexity index is 1070. The van der Waals surface area contributed by atoms with E-state index in [-0.39, 0.29) is 30.4 Å². The average molecular weight is 393 g/mol. The van der Waals surface area contributed by atoms with E-state index in [1.165, 1.54) is 0 Å². The number of hydrogen-bond donors (Lipinski definition) is 1. The lowest BCUT2D eigenvalue weighted by atomic mass is 10.1. The minimum Gasteiger partial charge on any atom is -0.484 e. The normalized spacial score (nSPS) is 10.7. The molecule has 3 rings (SSSR count). The van der Waals surface area contributed by atoms with E-state index in [4.69, 9.17) is 4.74 Å². The first-order valence-corrected chi connectivity index (χ1v) is 9.53. The van der Waals surface area contributed by atoms with E-state index in [0.29, 0.717) is 41.0 Å². The van der Waals surface area contributed by atoms with Gasteiger partial charge in [0.15, 0.2) is 12.4 Å². The van der Waals surface area contributed by atoms with Crippen LogP contribution in [-0.2, 0) is 11.3 Å². The fourth-order valence-corrected chi connectivity index (χ4v) is 2.94. The highest BCUT2D eigenvalue weighted by atomic mass is 16.5. The second kappa shape index (κ2) is 9.14. The van der Waals surface area contributed by atoms with Crippen LogP contribution in [0.2, 0.25) is 0 Å². The molecule has 0 spiro atoms. The summed E-state index contributed by atoms with van der Waals surface area (Å²) in [7, 11) is 0. The van der Waals surface area contributed by atoms with Crippen molar-refractivity contribution in [1.82, 2.24) is 14.9 Å². The van der Waals surface area contributed by atoms with Gasteiger partial charge in [0.2, 0.25) is 0 Å². The van der Waals surface area contributed by atoms with E-state index in [0.717, 1.165) is 0 Å². The average Bonchev–Trinajstić information content (AvgIpc) is 2.75. The maximum atomic E-state index is 12.5. The quantitative estimate of drug-likeness (QED) is 0.594. The second-order valence-electron chi connectivity index (χ2n) is 6.53. The van der Waals surface area contributed by atoms with Crippen LogP contribution in [0.3, 0.4) is 0 Å². The molecule has 3 aromatic rings. The fraction of sp³-hybridized carbons (Fsp3) is 0.273. The number of aromatic amines is 1. The Morgan fingerprint density at radius 3 is 2.48 bits per heavy atom. The number of Topliss-reactive ketones (excluding diaryl/α,β-unsaturated/α-hetero) is 1. The van der Waals surface area contributed by atoms with Gasteiger partial charge >= 0.3 is 0 Å². The SMILES string of the molecule is CCC(=O)c1ccc(OCC(=O)N(CC)Cc2nc3ccccc3c(=O)[nH]2)cc1. The first-order valence-electron chi connectivity index (χ1n) is 9.53. The van der Waals surface area contributed by atoms with Gasteiger partial charge in [-0.05, 0) is 43.3 Å². The summed E-state index contributed by atoms with van der Waals surface area (Å²) >= 11 is 0. The zero-order valence-corrected chi connectivity index (χ0v) is 16.5. The molecule has 0 fully saturated rings. The number of carbonyl (C=O) groups excluding carboxylic acids is 2. The highest BCUT2D eigenvalue weighted by Gasteiger charge is 2.15. The molecule has 7 heteroatoms. The number of benzene rings is 2. The highest BCUT2D eigenvalue weighted by molar-refractivity contribution is 5.95. The number of para-hydroxylation sites is 1. The smallest absolute Gasteiger partial charge is 0.260 e. The number of nitrogens with one attached hydrogen (secondary N) is 1. The van der Waals surface area contributed by atoms with Crippen LogP contribution in [0, 0.1) is 0 Å². The van der Waals surface area contributed by atoms with Gasteiger partial charge in [-0.1, -0.05) is 19.1 Å². The number of rotatable bonds is 8. The summed E-state index contributed by atoms with van der Waals surface area (Å²) in [6, 6.07) is 13.8. The van der Waals surface area contributed by atoms with Gasteiger partial charge in [-0.2, -0.15) is 0 Å². The van der Waals surface area contributed by atoms with Crippen LogP contribution in [0.1, 0.15) is 36.5 Å². The van der Waals surface area contributed by atoms with Crippen molar-refractivity contribution in [3.8, 4) is 5.75 Å². The van der Waals surface area contributed by atoms with E-state index in [2.05, 4.69) is 9.97 Å². The van der Waals surface area contributed by atoms with E-state index in [9.17, 15) is 14.4 Å². The maximum Gasteiger partial charge on any atom is 0.260 e. The van der Waals surface area contributed by atoms with Crippen LogP contribution in [0.15, 0.2) is 53.3 Å². The summed E-state index contributed by atoms with van der Waals surface area (Å²) in [5, 5.41) is 0.513. The standard InChI is InChI=1S/C22H23N3O4/c1-3-19(26)15-9-11-16(12-10-15)29-14-21(27)25(4-2)13-20-23-18-8-6-5-7-17(18)22(28)24-20/h5-12H,3-4,13-14H2,1-2H3,(H,23,24,28). The summed E-state index contributed by atoms with van der Waals surface area (Å²) < 4.78 is 5.56. The molecular formula is C22H23N3O4. The maximum absolute atomic E-state index is 12.5. The largest absolute Gasteiger partial charge is 0.484 e. The van der Waals surface area contributed by atoms with Gasteiger partial charge in [0, 0.05) is 18.5 Å². The number of aromatic nitrogens is 2. The summed E-state index contributed by atoms with van der Waals surface area (Å²) in [5.74, 6) is 0.768. The van der Waals surface area contributed by atoms with Crippen molar-refractivity contribution in [2.24, 2.45) is 0 Å². The molecule has 1 heterocycles. The van der Waals surface area contributed by atoms with E-state index in [1.807, 2.05) is 19.9 Å². The Kier molecular flexibility index (Phi) is 6.39. The summed E-state index contributed by atoms with van der Waals surface area (Å²) in [6.07, 6.45) is 0.440. The van der Waals surface area contributed by atoms with Crippen molar-refractivity contribution < 1.29 is 14.3 Å². The minimum atomic E-state index is -0.230. The second-order valence-corrected chi connectivity index (χ2v) is 6.53. The van der Waals surface area contributed by atoms with E-state index >= 15 is 0 Å². The van der Waals surface area contributed by atoms with Gasteiger partial charge in [0.1, 0.15) is 11.6 Å². The number of H-pyrrole nitrogens is 1. The third-order valence-corrected chi connectivity index (χ3v) is 4.60. The molecule has 0 radical (unpaired) electrons. The van der Waals surface area contributed by atoms with Crippen LogP contribution in [0.4, 0.5) is 0 Å². The van der Waals surface area contributed by atoms with Crippen LogP contribution < -0.4 is 10.3 Å². The molecule has 0 aliphatic rings. The number of ketones is 1. The zero-order chi connectivity index (χ0) is 20.8. The molecular weight excluding hydrogens is 370 g/mol. The van der Waals surface area contributed by atoms with Crippen molar-refractivity contribution >= 4 is 22.6 Å². The molecule has 1 amide bonds. The van der Waals surface area contributed by atoms with Crippen LogP contribution in [0.25, 0.3) is 10.9 Å². The molecule has 2 aromatic carbocycles. The molecule has 29 heavy (non-hydrogen) atoms. The Balaban J connectivity index is 1.65. The lowest BCUT2D eigenvalue weighted by molar-refractivity contribution is -0.133. The number of fused-ring (bicyclic) bond motifs is 1. The van der Waals surface area contributed by atoms with Crippen molar-refractivity contribution in [2.75, 3.05) is 13.2 Å². The predicted octanol–water partition coefficient (Wildman–Crippen LogP) is 2.94. The lowest BCUT2D eigenvalue weighted by Gasteiger charge is -2.20. The monoisotopic (exact) mass is 393 g/mol. The number of likely N-dealkylation sites (N-methyl/N-ethyl adjacent to an activating group) is 1. The Morgan fingerprint density at radius 2 is 1.79 bits per heavy atom. The van der Waals surface area contributed by atoms with Gasteiger partial charge in [-0.25, -0.2) is 4.98 Å². The third-order valence-electron chi connectivity index (χ3n) is 4.60. The van der Waals surface area contributed by atoms with E-state index < -0.39 is 0 Å². The zero-order valence-electron chi connectivity index (χ0n) is 16.5. The molecule has 0 bridgehead atoms. The number of nitrogens with zero attached hydrogens (tertiary/aromatic N) is 2. The first kappa shape index (κ1) is 20.3. The van der Waals surface area contributed by atoms with Crippen LogP contribution >= 0.6 is 0 Å². The number of ether oxygens (including phenoxy) is 1. The van der Waals surface area contributed by atoms with Gasteiger partial charge in [-0.15, -0.1) is 0 Å². The first-order chi connectivity index (χ1) is 14.0. The van der Waals surface area contributed by atoms with Crippen LogP contribution in [-0.4, -0.2) is 39.7 Å². The van der Waals surface area contributed by atoms with Crippen LogP contribution in [0.5, 0.6) is 5.75 Å². The number of hydrogen-bond acceptors (Lipinski definition) is 5. The van der Waals surface area contributed by atoms with Gasteiger partial charge in [0.05, 0.1) is 17.4 Å². The van der Waals surface area contributed by atoms with Gasteiger partial charge in [-0.3, -0.25) is 14.4 Å². The predicted molar refractivity (Wildman–Crippen MR) is 110 cm³/mol. The lowest BCUT2D eigenvalue weighted by Crippen LogP contribution is -2.35. The van der Waals surface area contributed by atoms with E-state index in [1.54, 1.807) is 47.4 Å². The Morgan fingerprint density at radius 1 is 1.07 bits per heavy atom. The van der Waals surface area contributed by atoms with Gasteiger partial charge in [0.25, 0.3) is 11.5 Å². The number of amides is 1. The molecule has 0 saturated heterocycles. The summed E-state index contributed by atoms with van der Waals surface area (Å²) in [5.41, 5.74) is 0.979. The summed E-state index contributed by atoms with van der Waals surface area (Å²) in [4.78, 5) is 45.1. The van der Waals surface area contributed by atoms with Crippen molar-refractivity contribution in [1.29, 1.82) is 0 Å². The molecule has 7 nitrogen and oxygen atoms in total. The highest BCUT2D eigenvalue weighted by Crippen LogP contribution is 2.14. The fourth-order valence-electron chi connectivity index (χ4n) is 2.94. The molecule has 0 saturated carbocycles. The third kappa shape index (κ3) is 4.87. The Labute approximate surface area is 168 Å². The topological polar surface area (TPSA) is 92.4 Å². The molecule has 0 aliphatic heterocycles. The molecule has 0 aliphatic carbocycles. The van der Waals surface area contributed by atoms with Gasteiger partial charge < -0.3 is 14.6 Å².